The second-order valence-electron chi connectivity index (χ2n) is 5.86. The molecule has 1 fully saturated rings. The Kier molecular flexibility index (Phi) is 5.00. The molecule has 1 aliphatic heterocycles. The molecule has 0 aliphatic carbocycles. The minimum absolute atomic E-state index is 0.132. The van der Waals surface area contributed by atoms with Crippen LogP contribution >= 0.6 is 0 Å². The number of benzene rings is 1. The van der Waals surface area contributed by atoms with Crippen LogP contribution in [0.1, 0.15) is 35.8 Å². The number of carbonyl (C=O) groups excluding carboxylic acids is 1. The van der Waals surface area contributed by atoms with Crippen LogP contribution in [0.3, 0.4) is 0 Å². The van der Waals surface area contributed by atoms with Crippen molar-refractivity contribution in [2.45, 2.75) is 24.7 Å². The molecule has 0 saturated carbocycles. The quantitative estimate of drug-likeness (QED) is 0.630. The van der Waals surface area contributed by atoms with E-state index in [2.05, 4.69) is 15.5 Å². The molecule has 1 amide bonds. The highest BCUT2D eigenvalue weighted by Gasteiger charge is 2.27. The average Bonchev–Trinajstić information content (AvgIpc) is 3.33. The Morgan fingerprint density at radius 1 is 1.20 bits per heavy atom. The summed E-state index contributed by atoms with van der Waals surface area (Å²) in [7, 11) is -3.55. The van der Waals surface area contributed by atoms with E-state index in [4.69, 9.17) is 0 Å². The number of aromatic nitrogens is 1. The fourth-order valence-electron chi connectivity index (χ4n) is 2.69. The lowest BCUT2D eigenvalue weighted by atomic mass is 10.2. The van der Waals surface area contributed by atoms with Crippen molar-refractivity contribution in [3.05, 3.63) is 53.9 Å². The van der Waals surface area contributed by atoms with E-state index in [1.807, 2.05) is 12.1 Å². The molecular formula is C17H20N4O3S. The largest absolute Gasteiger partial charge is 0.360 e. The molecule has 7 nitrogen and oxygen atoms in total. The van der Waals surface area contributed by atoms with E-state index in [-0.39, 0.29) is 10.5 Å². The number of rotatable bonds is 5. The Morgan fingerprint density at radius 3 is 2.64 bits per heavy atom. The van der Waals surface area contributed by atoms with Gasteiger partial charge in [-0.05, 0) is 50.1 Å². The summed E-state index contributed by atoms with van der Waals surface area (Å²) in [4.78, 5) is 15.4. The Morgan fingerprint density at radius 2 is 1.96 bits per heavy atom. The van der Waals surface area contributed by atoms with Crippen LogP contribution in [0, 0.1) is 0 Å². The molecule has 0 spiro atoms. The van der Waals surface area contributed by atoms with Crippen LogP contribution in [0.5, 0.6) is 0 Å². The molecule has 0 atom stereocenters. The zero-order valence-corrected chi connectivity index (χ0v) is 14.7. The minimum atomic E-state index is -3.55. The summed E-state index contributed by atoms with van der Waals surface area (Å²) in [6.07, 6.45) is 3.50. The molecule has 1 aliphatic rings. The number of sulfonamides is 1. The first-order valence-electron chi connectivity index (χ1n) is 8.07. The molecular weight excluding hydrogens is 340 g/mol. The molecule has 3 rings (SSSR count). The van der Waals surface area contributed by atoms with Crippen LogP contribution in [0.25, 0.3) is 0 Å². The van der Waals surface area contributed by atoms with Gasteiger partial charge in [0.05, 0.1) is 16.3 Å². The van der Waals surface area contributed by atoms with E-state index >= 15 is 0 Å². The monoisotopic (exact) mass is 360 g/mol. The van der Waals surface area contributed by atoms with Crippen LogP contribution in [-0.2, 0) is 10.0 Å². The molecule has 0 radical (unpaired) electrons. The molecule has 1 aromatic carbocycles. The van der Waals surface area contributed by atoms with Crippen molar-refractivity contribution >= 4 is 21.6 Å². The molecule has 2 heterocycles. The Hall–Kier alpha value is -2.45. The fourth-order valence-corrected chi connectivity index (χ4v) is 4.25. The summed E-state index contributed by atoms with van der Waals surface area (Å²) >= 11 is 0. The van der Waals surface area contributed by atoms with Gasteiger partial charge in [0.1, 0.15) is 0 Å². The van der Waals surface area contributed by atoms with E-state index in [0.717, 1.165) is 18.5 Å². The number of nitrogens with one attached hydrogen (secondary N) is 2. The van der Waals surface area contributed by atoms with Gasteiger partial charge >= 0.3 is 0 Å². The molecule has 1 saturated heterocycles. The summed E-state index contributed by atoms with van der Waals surface area (Å²) in [6.45, 7) is 2.82. The van der Waals surface area contributed by atoms with Gasteiger partial charge in [-0.2, -0.15) is 9.41 Å². The van der Waals surface area contributed by atoms with Gasteiger partial charge in [-0.25, -0.2) is 13.8 Å². The molecule has 2 N–H and O–H groups in total. The second-order valence-corrected chi connectivity index (χ2v) is 7.80. The topological polar surface area (TPSA) is 94.6 Å². The van der Waals surface area contributed by atoms with E-state index in [1.165, 1.54) is 16.4 Å². The van der Waals surface area contributed by atoms with E-state index in [0.29, 0.717) is 18.8 Å². The summed E-state index contributed by atoms with van der Waals surface area (Å²) in [6, 6.07) is 9.72. The van der Waals surface area contributed by atoms with Crippen LogP contribution in [0.15, 0.2) is 52.6 Å². The third-order valence-electron chi connectivity index (χ3n) is 4.11. The molecule has 8 heteroatoms. The lowest BCUT2D eigenvalue weighted by molar-refractivity contribution is 0.0954. The van der Waals surface area contributed by atoms with Crippen LogP contribution < -0.4 is 5.43 Å². The van der Waals surface area contributed by atoms with Crippen molar-refractivity contribution in [1.29, 1.82) is 0 Å². The number of H-pyrrole nitrogens is 1. The minimum Gasteiger partial charge on any atom is -0.360 e. The lowest BCUT2D eigenvalue weighted by Crippen LogP contribution is -2.28. The normalized spacial score (nSPS) is 16.1. The highest BCUT2D eigenvalue weighted by Crippen LogP contribution is 2.21. The SMILES string of the molecule is C/C(=N\NC(=O)c1cccc(S(=O)(=O)N2CCCC2)c1)c1ccc[nH]1. The summed E-state index contributed by atoms with van der Waals surface area (Å²) in [5.74, 6) is -0.454. The van der Waals surface area contributed by atoms with Gasteiger partial charge in [0.2, 0.25) is 10.0 Å². The van der Waals surface area contributed by atoms with Gasteiger partial charge in [0.15, 0.2) is 0 Å². The number of aromatic amines is 1. The Labute approximate surface area is 146 Å². The number of hydrazone groups is 1. The molecule has 1 aromatic heterocycles. The van der Waals surface area contributed by atoms with Crippen molar-refractivity contribution in [1.82, 2.24) is 14.7 Å². The first-order chi connectivity index (χ1) is 12.0. The zero-order valence-electron chi connectivity index (χ0n) is 13.9. The van der Waals surface area contributed by atoms with Gasteiger partial charge in [-0.15, -0.1) is 0 Å². The maximum Gasteiger partial charge on any atom is 0.271 e. The Bertz CT molecular complexity index is 882. The third kappa shape index (κ3) is 3.80. The smallest absolute Gasteiger partial charge is 0.271 e. The van der Waals surface area contributed by atoms with Crippen LogP contribution in [0.4, 0.5) is 0 Å². The van der Waals surface area contributed by atoms with Gasteiger partial charge in [0.25, 0.3) is 5.91 Å². The zero-order chi connectivity index (χ0) is 17.9. The fraction of sp³-hybridized carbons (Fsp3) is 0.294. The molecule has 2 aromatic rings. The van der Waals surface area contributed by atoms with Gasteiger partial charge < -0.3 is 4.98 Å². The first-order valence-corrected chi connectivity index (χ1v) is 9.51. The maximum absolute atomic E-state index is 12.6. The number of hydrogen-bond acceptors (Lipinski definition) is 4. The van der Waals surface area contributed by atoms with Crippen LogP contribution in [-0.4, -0.2) is 42.4 Å². The van der Waals surface area contributed by atoms with Gasteiger partial charge in [-0.3, -0.25) is 4.79 Å². The predicted molar refractivity (Wildman–Crippen MR) is 94.9 cm³/mol. The average molecular weight is 360 g/mol. The van der Waals surface area contributed by atoms with Gasteiger partial charge in [-0.1, -0.05) is 6.07 Å². The summed E-state index contributed by atoms with van der Waals surface area (Å²) in [5, 5.41) is 4.04. The highest BCUT2D eigenvalue weighted by molar-refractivity contribution is 7.89. The third-order valence-corrected chi connectivity index (χ3v) is 6.01. The molecule has 0 unspecified atom stereocenters. The maximum atomic E-state index is 12.6. The van der Waals surface area contributed by atoms with Crippen molar-refractivity contribution in [2.24, 2.45) is 5.10 Å². The van der Waals surface area contributed by atoms with Crippen molar-refractivity contribution in [3.63, 3.8) is 0 Å². The Balaban J connectivity index is 1.77. The van der Waals surface area contributed by atoms with E-state index in [9.17, 15) is 13.2 Å². The standard InChI is InChI=1S/C17H20N4O3S/c1-13(16-8-5-9-18-16)19-20-17(22)14-6-4-7-15(12-14)25(23,24)21-10-2-3-11-21/h4-9,12,18H,2-3,10-11H2,1H3,(H,20,22)/b19-13+. The highest BCUT2D eigenvalue weighted by atomic mass is 32.2. The number of nitrogens with zero attached hydrogens (tertiary/aromatic N) is 2. The summed E-state index contributed by atoms with van der Waals surface area (Å²) < 4.78 is 26.6. The van der Waals surface area contributed by atoms with E-state index in [1.54, 1.807) is 25.3 Å². The van der Waals surface area contributed by atoms with Crippen molar-refractivity contribution in [3.8, 4) is 0 Å². The van der Waals surface area contributed by atoms with Gasteiger partial charge in [0, 0.05) is 24.8 Å². The molecule has 0 bridgehead atoms. The molecule has 132 valence electrons. The number of carbonyl (C=O) groups is 1. The van der Waals surface area contributed by atoms with Crippen molar-refractivity contribution < 1.29 is 13.2 Å². The number of hydrogen-bond donors (Lipinski definition) is 2. The molecule has 25 heavy (non-hydrogen) atoms. The summed E-state index contributed by atoms with van der Waals surface area (Å²) in [5.41, 5.74) is 4.13. The lowest BCUT2D eigenvalue weighted by Gasteiger charge is -2.15. The second kappa shape index (κ2) is 7.20. The van der Waals surface area contributed by atoms with Crippen LogP contribution in [0.2, 0.25) is 0 Å². The van der Waals surface area contributed by atoms with E-state index < -0.39 is 15.9 Å². The number of amides is 1. The van der Waals surface area contributed by atoms with Crippen molar-refractivity contribution in [2.75, 3.05) is 13.1 Å². The first kappa shape index (κ1) is 17.4. The predicted octanol–water partition coefficient (Wildman–Crippen LogP) is 1.95.